The highest BCUT2D eigenvalue weighted by molar-refractivity contribution is 5.76. The molecule has 1 fully saturated rings. The van der Waals surface area contributed by atoms with Crippen LogP contribution in [0.4, 0.5) is 4.39 Å². The lowest BCUT2D eigenvalue weighted by Gasteiger charge is -2.34. The Balaban J connectivity index is 2.21. The third-order valence-corrected chi connectivity index (χ3v) is 4.00. The number of hydrogen-bond acceptors (Lipinski definition) is 3. The number of hydrogen-bond donors (Lipinski definition) is 1. The molecular formula is C15H20FN3O. The highest BCUT2D eigenvalue weighted by atomic mass is 19.1. The molecule has 1 aromatic heterocycles. The maximum Gasteiger partial charge on any atom is 0.130 e. The number of nitrogens with two attached hydrogens (primary N) is 1. The van der Waals surface area contributed by atoms with Crippen LogP contribution >= 0.6 is 0 Å². The van der Waals surface area contributed by atoms with Gasteiger partial charge < -0.3 is 15.0 Å². The molecule has 0 radical (unpaired) electrons. The molecule has 0 saturated carbocycles. The lowest BCUT2D eigenvalue weighted by Crippen LogP contribution is -2.44. The van der Waals surface area contributed by atoms with Gasteiger partial charge in [0.25, 0.3) is 0 Å². The maximum atomic E-state index is 13.5. The average molecular weight is 277 g/mol. The summed E-state index contributed by atoms with van der Waals surface area (Å²) in [6.07, 6.45) is 1.48. The molecule has 2 heterocycles. The van der Waals surface area contributed by atoms with E-state index in [2.05, 4.69) is 23.4 Å². The summed E-state index contributed by atoms with van der Waals surface area (Å²) in [7, 11) is 0. The van der Waals surface area contributed by atoms with Crippen molar-refractivity contribution < 1.29 is 9.13 Å². The predicted molar refractivity (Wildman–Crippen MR) is 76.0 cm³/mol. The smallest absolute Gasteiger partial charge is 0.130 e. The lowest BCUT2D eigenvalue weighted by atomic mass is 9.90. The minimum absolute atomic E-state index is 0.181. The van der Waals surface area contributed by atoms with Gasteiger partial charge in [-0.2, -0.15) is 0 Å². The van der Waals surface area contributed by atoms with Crippen molar-refractivity contribution in [1.82, 2.24) is 9.55 Å². The molecule has 20 heavy (non-hydrogen) atoms. The van der Waals surface area contributed by atoms with E-state index in [9.17, 15) is 4.39 Å². The van der Waals surface area contributed by atoms with Gasteiger partial charge in [0.1, 0.15) is 11.6 Å². The first-order chi connectivity index (χ1) is 9.51. The Morgan fingerprint density at radius 2 is 2.05 bits per heavy atom. The summed E-state index contributed by atoms with van der Waals surface area (Å²) in [5.74, 6) is 0.597. The quantitative estimate of drug-likeness (QED) is 0.918. The van der Waals surface area contributed by atoms with E-state index in [1.165, 1.54) is 12.1 Å². The summed E-state index contributed by atoms with van der Waals surface area (Å²) in [5, 5.41) is 0. The molecule has 0 spiro atoms. The Morgan fingerprint density at radius 3 is 2.70 bits per heavy atom. The number of rotatable bonds is 2. The molecule has 4 nitrogen and oxygen atoms in total. The highest BCUT2D eigenvalue weighted by Gasteiger charge is 2.35. The second-order valence-corrected chi connectivity index (χ2v) is 5.80. The van der Waals surface area contributed by atoms with Gasteiger partial charge >= 0.3 is 0 Å². The molecule has 0 amide bonds. The van der Waals surface area contributed by atoms with Gasteiger partial charge in [0.15, 0.2) is 0 Å². The number of aromatic nitrogens is 2. The van der Waals surface area contributed by atoms with Crippen LogP contribution in [0, 0.1) is 5.82 Å². The fourth-order valence-corrected chi connectivity index (χ4v) is 2.90. The van der Waals surface area contributed by atoms with Gasteiger partial charge in [-0.1, -0.05) is 0 Å². The van der Waals surface area contributed by atoms with Crippen LogP contribution < -0.4 is 5.73 Å². The van der Waals surface area contributed by atoms with Gasteiger partial charge in [0, 0.05) is 19.3 Å². The number of nitrogens with zero attached hydrogens (tertiary/aromatic N) is 2. The van der Waals surface area contributed by atoms with E-state index in [0.717, 1.165) is 29.7 Å². The molecule has 1 aliphatic rings. The van der Waals surface area contributed by atoms with Crippen LogP contribution in [0.25, 0.3) is 11.0 Å². The average Bonchev–Trinajstić information content (AvgIpc) is 2.79. The molecule has 0 aliphatic carbocycles. The molecule has 108 valence electrons. The molecule has 3 rings (SSSR count). The van der Waals surface area contributed by atoms with Crippen molar-refractivity contribution in [2.45, 2.75) is 38.3 Å². The van der Waals surface area contributed by atoms with Crippen LogP contribution in [-0.2, 0) is 10.3 Å². The molecule has 5 heteroatoms. The molecular weight excluding hydrogens is 257 g/mol. The second-order valence-electron chi connectivity index (χ2n) is 5.80. The minimum atomic E-state index is -0.488. The SMILES string of the molecule is CC(C)n1c(C2(N)CCOCC2)nc2ccc(F)cc21. The zero-order valence-electron chi connectivity index (χ0n) is 11.9. The monoisotopic (exact) mass is 277 g/mol. The van der Waals surface area contributed by atoms with Crippen molar-refractivity contribution >= 4 is 11.0 Å². The van der Waals surface area contributed by atoms with E-state index in [1.807, 2.05) is 0 Å². The number of fused-ring (bicyclic) bond motifs is 1. The van der Waals surface area contributed by atoms with Crippen molar-refractivity contribution in [3.63, 3.8) is 0 Å². The van der Waals surface area contributed by atoms with Crippen molar-refractivity contribution in [2.75, 3.05) is 13.2 Å². The molecule has 1 saturated heterocycles. The van der Waals surface area contributed by atoms with Gasteiger partial charge in [0.05, 0.1) is 16.6 Å². The largest absolute Gasteiger partial charge is 0.381 e. The first kappa shape index (κ1) is 13.5. The van der Waals surface area contributed by atoms with Crippen LogP contribution in [0.15, 0.2) is 18.2 Å². The predicted octanol–water partition coefficient (Wildman–Crippen LogP) is 2.72. The molecule has 0 atom stereocenters. The lowest BCUT2D eigenvalue weighted by molar-refractivity contribution is 0.0477. The minimum Gasteiger partial charge on any atom is -0.381 e. The zero-order valence-corrected chi connectivity index (χ0v) is 11.9. The van der Waals surface area contributed by atoms with Gasteiger partial charge in [-0.25, -0.2) is 9.37 Å². The van der Waals surface area contributed by atoms with Crippen molar-refractivity contribution in [3.8, 4) is 0 Å². The highest BCUT2D eigenvalue weighted by Crippen LogP contribution is 2.33. The fourth-order valence-electron chi connectivity index (χ4n) is 2.90. The van der Waals surface area contributed by atoms with E-state index in [0.29, 0.717) is 13.2 Å². The zero-order chi connectivity index (χ0) is 14.3. The first-order valence-electron chi connectivity index (χ1n) is 7.06. The normalized spacial score (nSPS) is 18.9. The summed E-state index contributed by atoms with van der Waals surface area (Å²) in [6.45, 7) is 5.43. The Bertz CT molecular complexity index is 629. The summed E-state index contributed by atoms with van der Waals surface area (Å²) in [5.41, 5.74) is 7.68. The van der Waals surface area contributed by atoms with Crippen LogP contribution in [0.1, 0.15) is 38.6 Å². The van der Waals surface area contributed by atoms with Gasteiger partial charge in [-0.15, -0.1) is 0 Å². The van der Waals surface area contributed by atoms with E-state index >= 15 is 0 Å². The molecule has 1 aromatic carbocycles. The third-order valence-electron chi connectivity index (χ3n) is 4.00. The number of benzene rings is 1. The number of ether oxygens (including phenoxy) is 1. The summed E-state index contributed by atoms with van der Waals surface area (Å²) < 4.78 is 21.0. The van der Waals surface area contributed by atoms with Gasteiger partial charge in [-0.3, -0.25) is 0 Å². The second kappa shape index (κ2) is 4.82. The summed E-state index contributed by atoms with van der Waals surface area (Å²) in [4.78, 5) is 4.69. The van der Waals surface area contributed by atoms with E-state index in [-0.39, 0.29) is 11.9 Å². The Morgan fingerprint density at radius 1 is 1.35 bits per heavy atom. The molecule has 0 unspecified atom stereocenters. The van der Waals surface area contributed by atoms with Crippen molar-refractivity contribution in [3.05, 3.63) is 29.8 Å². The van der Waals surface area contributed by atoms with E-state index in [1.54, 1.807) is 6.07 Å². The van der Waals surface area contributed by atoms with Crippen LogP contribution in [0.3, 0.4) is 0 Å². The molecule has 0 bridgehead atoms. The topological polar surface area (TPSA) is 53.1 Å². The fraction of sp³-hybridized carbons (Fsp3) is 0.533. The summed E-state index contributed by atoms with van der Waals surface area (Å²) in [6, 6.07) is 4.88. The Labute approximate surface area is 117 Å². The van der Waals surface area contributed by atoms with Crippen LogP contribution in [-0.4, -0.2) is 22.8 Å². The van der Waals surface area contributed by atoms with Gasteiger partial charge in [0.2, 0.25) is 0 Å². The summed E-state index contributed by atoms with van der Waals surface area (Å²) >= 11 is 0. The van der Waals surface area contributed by atoms with Crippen LogP contribution in [0.2, 0.25) is 0 Å². The van der Waals surface area contributed by atoms with E-state index in [4.69, 9.17) is 10.5 Å². The number of halogens is 1. The third kappa shape index (κ3) is 2.11. The Kier molecular flexibility index (Phi) is 3.26. The first-order valence-corrected chi connectivity index (χ1v) is 7.06. The standard InChI is InChI=1S/C15H20FN3O/c1-10(2)19-13-9-11(16)3-4-12(13)18-14(19)15(17)5-7-20-8-6-15/h3-4,9-10H,5-8,17H2,1-2H3. The Hall–Kier alpha value is -1.46. The van der Waals surface area contributed by atoms with Crippen molar-refractivity contribution in [2.24, 2.45) is 5.73 Å². The maximum absolute atomic E-state index is 13.5. The van der Waals surface area contributed by atoms with Gasteiger partial charge in [-0.05, 0) is 44.9 Å². The van der Waals surface area contributed by atoms with Crippen LogP contribution in [0.5, 0.6) is 0 Å². The van der Waals surface area contributed by atoms with E-state index < -0.39 is 5.54 Å². The molecule has 1 aliphatic heterocycles. The molecule has 2 N–H and O–H groups in total. The number of imidazole rings is 1. The van der Waals surface area contributed by atoms with Crippen molar-refractivity contribution in [1.29, 1.82) is 0 Å². The molecule has 2 aromatic rings.